The first-order valence-corrected chi connectivity index (χ1v) is 14.6. The van der Waals surface area contributed by atoms with E-state index in [9.17, 15) is 19.2 Å². The smallest absolute Gasteiger partial charge is 0.346 e. The number of hydrogen-bond donors (Lipinski definition) is 0. The van der Waals surface area contributed by atoms with Gasteiger partial charge >= 0.3 is 23.9 Å². The lowest BCUT2D eigenvalue weighted by molar-refractivity contribution is -0.151. The van der Waals surface area contributed by atoms with E-state index in [0.717, 1.165) is 44.3 Å². The normalized spacial score (nSPS) is 14.0. The number of esters is 4. The van der Waals surface area contributed by atoms with Gasteiger partial charge in [-0.15, -0.1) is 0 Å². The van der Waals surface area contributed by atoms with Crippen LogP contribution >= 0.6 is 0 Å². The maximum Gasteiger partial charge on any atom is 0.346 e. The second-order valence-electron chi connectivity index (χ2n) is 11.8. The Hall–Kier alpha value is -5.64. The van der Waals surface area contributed by atoms with E-state index in [0.29, 0.717) is 22.3 Å². The first kappa shape index (κ1) is 31.8. The summed E-state index contributed by atoms with van der Waals surface area (Å²) in [7, 11) is 15.8. The predicted molar refractivity (Wildman–Crippen MR) is 183 cm³/mol. The average molecular weight is 621 g/mol. The number of ether oxygens (including phenoxy) is 2. The number of nitrogens with zero attached hydrogens (tertiary/aromatic N) is 4. The van der Waals surface area contributed by atoms with E-state index >= 15 is 0 Å². The highest BCUT2D eigenvalue weighted by Crippen LogP contribution is 2.40. The van der Waals surface area contributed by atoms with Gasteiger partial charge in [-0.1, -0.05) is 36.4 Å². The van der Waals surface area contributed by atoms with Gasteiger partial charge in [0.25, 0.3) is 0 Å². The summed E-state index contributed by atoms with van der Waals surface area (Å²) in [6.07, 6.45) is 2.52. The monoisotopic (exact) mass is 620 g/mol. The molecule has 4 aromatic carbocycles. The molecule has 0 aromatic heterocycles. The van der Waals surface area contributed by atoms with Crippen LogP contribution in [-0.2, 0) is 28.7 Å². The van der Waals surface area contributed by atoms with Crippen LogP contribution in [0, 0.1) is 0 Å². The molecule has 2 heterocycles. The van der Waals surface area contributed by atoms with E-state index in [-0.39, 0.29) is 0 Å². The Morgan fingerprint density at radius 3 is 1.04 bits per heavy atom. The molecule has 0 spiro atoms. The zero-order chi connectivity index (χ0) is 33.4. The van der Waals surface area contributed by atoms with E-state index in [1.165, 1.54) is 12.2 Å². The molecule has 0 saturated heterocycles. The Morgan fingerprint density at radius 1 is 0.435 bits per heavy atom. The van der Waals surface area contributed by atoms with Crippen LogP contribution in [0.5, 0.6) is 0 Å². The Bertz CT molecular complexity index is 1820. The van der Waals surface area contributed by atoms with Crippen molar-refractivity contribution in [3.8, 4) is 0 Å². The third kappa shape index (κ3) is 5.77. The Labute approximate surface area is 267 Å². The number of fused-ring (bicyclic) bond motifs is 2. The van der Waals surface area contributed by atoms with Crippen LogP contribution in [0.15, 0.2) is 72.8 Å². The SMILES string of the molecule is CN(C)c1cccc2c(C3=CC(=O)OC3=O)ccc(N(C)C)c12.CN(C)c1cccc2c(C3=CC(=O)OC3=O)ccc(N(C)C)c12. The summed E-state index contributed by atoms with van der Waals surface area (Å²) in [5.41, 5.74) is 6.23. The number of anilines is 4. The summed E-state index contributed by atoms with van der Waals surface area (Å²) in [4.78, 5) is 54.8. The summed E-state index contributed by atoms with van der Waals surface area (Å²) >= 11 is 0. The van der Waals surface area contributed by atoms with E-state index < -0.39 is 23.9 Å². The molecule has 0 fully saturated rings. The highest BCUT2D eigenvalue weighted by molar-refractivity contribution is 6.32. The molecule has 0 N–H and O–H groups in total. The second kappa shape index (κ2) is 12.4. The lowest BCUT2D eigenvalue weighted by Crippen LogP contribution is -2.14. The van der Waals surface area contributed by atoms with Gasteiger partial charge in [0.1, 0.15) is 0 Å². The van der Waals surface area contributed by atoms with Crippen molar-refractivity contribution < 1.29 is 28.7 Å². The number of benzene rings is 4. The van der Waals surface area contributed by atoms with Crippen molar-refractivity contribution in [3.63, 3.8) is 0 Å². The topological polar surface area (TPSA) is 99.7 Å². The molecule has 0 unspecified atom stereocenters. The summed E-state index contributed by atoms with van der Waals surface area (Å²) in [6, 6.07) is 19.5. The summed E-state index contributed by atoms with van der Waals surface area (Å²) in [5, 5.41) is 3.90. The molecule has 0 aliphatic carbocycles. The van der Waals surface area contributed by atoms with E-state index in [2.05, 4.69) is 9.47 Å². The van der Waals surface area contributed by atoms with Gasteiger partial charge in [0.05, 0.1) is 11.1 Å². The van der Waals surface area contributed by atoms with Crippen LogP contribution in [0.25, 0.3) is 32.7 Å². The molecule has 6 rings (SSSR count). The van der Waals surface area contributed by atoms with Crippen molar-refractivity contribution in [2.75, 3.05) is 76.0 Å². The molecule has 2 aliphatic heterocycles. The fourth-order valence-electron chi connectivity index (χ4n) is 5.78. The minimum atomic E-state index is -0.612. The van der Waals surface area contributed by atoms with Crippen LogP contribution in [0.1, 0.15) is 11.1 Å². The molecule has 0 atom stereocenters. The fraction of sp³-hybridized carbons (Fsp3) is 0.222. The van der Waals surface area contributed by atoms with Gasteiger partial charge in [-0.05, 0) is 46.2 Å². The highest BCUT2D eigenvalue weighted by atomic mass is 16.6. The van der Waals surface area contributed by atoms with Gasteiger partial charge < -0.3 is 29.1 Å². The highest BCUT2D eigenvalue weighted by Gasteiger charge is 2.28. The minimum Gasteiger partial charge on any atom is -0.386 e. The molecular formula is C36H36N4O6. The third-order valence-electron chi connectivity index (χ3n) is 7.85. The Kier molecular flexibility index (Phi) is 8.56. The molecule has 10 heteroatoms. The minimum absolute atomic E-state index is 0.307. The third-order valence-corrected chi connectivity index (χ3v) is 7.85. The first-order valence-electron chi connectivity index (χ1n) is 14.6. The molecule has 2 aliphatic rings. The summed E-state index contributed by atoms with van der Waals surface area (Å²) in [5.74, 6) is -2.41. The molecule has 236 valence electrons. The molecule has 0 radical (unpaired) electrons. The van der Waals surface area contributed by atoms with Crippen LogP contribution in [0.2, 0.25) is 0 Å². The molecule has 4 aromatic rings. The Balaban J connectivity index is 0.000000181. The molecular weight excluding hydrogens is 584 g/mol. The van der Waals surface area contributed by atoms with Crippen molar-refractivity contribution in [3.05, 3.63) is 83.9 Å². The summed E-state index contributed by atoms with van der Waals surface area (Å²) in [6.45, 7) is 0. The van der Waals surface area contributed by atoms with Crippen LogP contribution < -0.4 is 19.6 Å². The maximum atomic E-state index is 11.9. The first-order chi connectivity index (χ1) is 21.8. The van der Waals surface area contributed by atoms with Crippen molar-refractivity contribution in [1.82, 2.24) is 0 Å². The van der Waals surface area contributed by atoms with Gasteiger partial charge in [-0.2, -0.15) is 0 Å². The quantitative estimate of drug-likeness (QED) is 0.219. The molecule has 0 amide bonds. The molecule has 10 nitrogen and oxygen atoms in total. The fourth-order valence-corrected chi connectivity index (χ4v) is 5.78. The zero-order valence-electron chi connectivity index (χ0n) is 27.2. The van der Waals surface area contributed by atoms with Gasteiger partial charge in [0.15, 0.2) is 0 Å². The second-order valence-corrected chi connectivity index (χ2v) is 11.8. The van der Waals surface area contributed by atoms with Crippen LogP contribution in [0.4, 0.5) is 22.7 Å². The van der Waals surface area contributed by atoms with E-state index in [4.69, 9.17) is 0 Å². The van der Waals surface area contributed by atoms with Crippen molar-refractivity contribution in [2.24, 2.45) is 0 Å². The average Bonchev–Trinajstić information content (AvgIpc) is 3.53. The van der Waals surface area contributed by atoms with Gasteiger partial charge in [-0.3, -0.25) is 0 Å². The lowest BCUT2D eigenvalue weighted by atomic mass is 9.95. The standard InChI is InChI=1S/2C18H18N2O3/c2*1-19(2)14-7-5-6-12-11(13-10-16(21)23-18(13)22)8-9-15(17(12)14)20(3)4/h2*5-10H,1-4H3. The molecule has 0 saturated carbocycles. The van der Waals surface area contributed by atoms with Crippen molar-refractivity contribution >= 4 is 79.3 Å². The zero-order valence-corrected chi connectivity index (χ0v) is 27.2. The molecule has 46 heavy (non-hydrogen) atoms. The largest absolute Gasteiger partial charge is 0.386 e. The number of cyclic esters (lactones) is 4. The number of carbonyl (C=O) groups is 4. The van der Waals surface area contributed by atoms with Gasteiger partial charge in [0, 0.05) is 102 Å². The molecule has 0 bridgehead atoms. The lowest BCUT2D eigenvalue weighted by Gasteiger charge is -2.23. The van der Waals surface area contributed by atoms with Gasteiger partial charge in [0.2, 0.25) is 0 Å². The van der Waals surface area contributed by atoms with Gasteiger partial charge in [-0.25, -0.2) is 19.2 Å². The Morgan fingerprint density at radius 2 is 0.761 bits per heavy atom. The van der Waals surface area contributed by atoms with Crippen LogP contribution in [-0.4, -0.2) is 80.3 Å². The van der Waals surface area contributed by atoms with E-state index in [1.54, 1.807) is 0 Å². The number of hydrogen-bond acceptors (Lipinski definition) is 10. The van der Waals surface area contributed by atoms with Crippen LogP contribution in [0.3, 0.4) is 0 Å². The summed E-state index contributed by atoms with van der Waals surface area (Å²) < 4.78 is 9.28. The predicted octanol–water partition coefficient (Wildman–Crippen LogP) is 4.88. The number of carbonyl (C=O) groups excluding carboxylic acids is 4. The van der Waals surface area contributed by atoms with Crippen molar-refractivity contribution in [1.29, 1.82) is 0 Å². The van der Waals surface area contributed by atoms with E-state index in [1.807, 2.05) is 137 Å². The maximum absolute atomic E-state index is 11.9. The van der Waals surface area contributed by atoms with Crippen molar-refractivity contribution in [2.45, 2.75) is 0 Å². The number of rotatable bonds is 6.